The molecule has 0 bridgehead atoms. The van der Waals surface area contributed by atoms with Crippen LogP contribution in [-0.2, 0) is 15.7 Å². The highest BCUT2D eigenvalue weighted by molar-refractivity contribution is 7.86. The summed E-state index contributed by atoms with van der Waals surface area (Å²) in [5.41, 5.74) is 2.60. The van der Waals surface area contributed by atoms with Crippen LogP contribution in [0.3, 0.4) is 0 Å². The van der Waals surface area contributed by atoms with E-state index >= 15 is 0 Å². The zero-order valence-electron chi connectivity index (χ0n) is 16.9. The Kier molecular flexibility index (Phi) is 6.81. The van der Waals surface area contributed by atoms with Crippen molar-refractivity contribution in [1.82, 2.24) is 15.3 Å². The molecule has 2 atom stereocenters. The minimum absolute atomic E-state index is 0.234. The number of methoxy groups -OCH3 is 1. The first-order chi connectivity index (χ1) is 15.0. The van der Waals surface area contributed by atoms with Crippen LogP contribution in [0.1, 0.15) is 35.1 Å². The number of nitrogens with one attached hydrogen (secondary N) is 2. The number of aromatic amines is 1. The summed E-state index contributed by atoms with van der Waals surface area (Å²) in [6.45, 7) is 0.918. The lowest BCUT2D eigenvalue weighted by molar-refractivity contribution is 0.0892. The van der Waals surface area contributed by atoms with Crippen molar-refractivity contribution in [3.05, 3.63) is 57.8 Å². The maximum atomic E-state index is 12.9. The number of H-pyrrole nitrogens is 1. The molecule has 3 aromatic rings. The third kappa shape index (κ3) is 4.87. The smallest absolute Gasteiger partial charge is 0.252 e. The molecule has 4 rings (SSSR count). The van der Waals surface area contributed by atoms with Crippen LogP contribution in [0.2, 0.25) is 10.0 Å². The van der Waals surface area contributed by atoms with Crippen LogP contribution in [0.15, 0.2) is 36.4 Å². The molecule has 2 N–H and O–H groups in total. The largest absolute Gasteiger partial charge is 0.382 e. The second kappa shape index (κ2) is 9.56. The average Bonchev–Trinajstić information content (AvgIpc) is 3.17. The van der Waals surface area contributed by atoms with Crippen molar-refractivity contribution >= 4 is 56.8 Å². The first-order valence-electron chi connectivity index (χ1n) is 9.87. The third-order valence-corrected chi connectivity index (χ3v) is 7.13. The highest BCUT2D eigenvalue weighted by atomic mass is 35.5. The molecular formula is C21H22Cl2N4O3S. The number of benzene rings is 2. The molecule has 1 aliphatic heterocycles. The molecule has 2 unspecified atom stereocenters. The predicted octanol–water partition coefficient (Wildman–Crippen LogP) is 4.25. The van der Waals surface area contributed by atoms with Gasteiger partial charge in [0.2, 0.25) is 0 Å². The molecule has 0 aliphatic carbocycles. The number of nitrogens with zero attached hydrogens (tertiary/aromatic N) is 2. The zero-order valence-corrected chi connectivity index (χ0v) is 19.2. The van der Waals surface area contributed by atoms with Gasteiger partial charge in [0.05, 0.1) is 28.4 Å². The number of carbonyl (C=O) groups excluding carboxylic acids is 1. The molecular weight excluding hydrogens is 459 g/mol. The number of carbonyl (C=O) groups is 1. The van der Waals surface area contributed by atoms with Gasteiger partial charge in [-0.2, -0.15) is 0 Å². The number of anilines is 1. The van der Waals surface area contributed by atoms with E-state index in [0.717, 1.165) is 23.9 Å². The number of hydrogen-bond donors (Lipinski definition) is 2. The van der Waals surface area contributed by atoms with Gasteiger partial charge in [-0.3, -0.25) is 9.10 Å². The Hall–Kier alpha value is -2.13. The summed E-state index contributed by atoms with van der Waals surface area (Å²) in [5.74, 6) is 0.882. The predicted molar refractivity (Wildman–Crippen MR) is 124 cm³/mol. The lowest BCUT2D eigenvalue weighted by Crippen LogP contribution is -2.34. The summed E-state index contributed by atoms with van der Waals surface area (Å²) in [6.07, 6.45) is 1.90. The van der Waals surface area contributed by atoms with Crippen molar-refractivity contribution in [2.45, 2.75) is 18.9 Å². The van der Waals surface area contributed by atoms with Crippen LogP contribution in [0.25, 0.3) is 11.0 Å². The average molecular weight is 481 g/mol. The Bertz CT molecular complexity index is 1140. The number of ether oxygens (including phenoxy) is 1. The van der Waals surface area contributed by atoms with Crippen molar-refractivity contribution in [3.8, 4) is 0 Å². The van der Waals surface area contributed by atoms with Gasteiger partial charge in [0.15, 0.2) is 0 Å². The van der Waals surface area contributed by atoms with Crippen LogP contribution < -0.4 is 9.62 Å². The second-order valence-corrected chi connectivity index (χ2v) is 9.60. The van der Waals surface area contributed by atoms with Crippen LogP contribution in [0, 0.1) is 0 Å². The third-order valence-electron chi connectivity index (χ3n) is 5.09. The molecule has 1 fully saturated rings. The molecule has 31 heavy (non-hydrogen) atoms. The molecule has 2 heterocycles. The molecule has 0 saturated carbocycles. The molecule has 1 amide bonds. The zero-order chi connectivity index (χ0) is 22.0. The van der Waals surface area contributed by atoms with Crippen molar-refractivity contribution in [1.29, 1.82) is 0 Å². The number of amides is 1. The fourth-order valence-electron chi connectivity index (χ4n) is 3.54. The second-order valence-electron chi connectivity index (χ2n) is 7.27. The van der Waals surface area contributed by atoms with Crippen molar-refractivity contribution in [3.63, 3.8) is 0 Å². The summed E-state index contributed by atoms with van der Waals surface area (Å²) >= 11 is 12.5. The lowest BCUT2D eigenvalue weighted by Gasteiger charge is -2.28. The summed E-state index contributed by atoms with van der Waals surface area (Å²) in [6, 6.07) is 9.89. The number of hydrogen-bond acceptors (Lipinski definition) is 4. The van der Waals surface area contributed by atoms with E-state index in [0.29, 0.717) is 39.4 Å². The van der Waals surface area contributed by atoms with Gasteiger partial charge in [0.1, 0.15) is 22.9 Å². The van der Waals surface area contributed by atoms with Gasteiger partial charge in [-0.1, -0.05) is 23.2 Å². The minimum atomic E-state index is -1.09. The first kappa shape index (κ1) is 22.1. The van der Waals surface area contributed by atoms with Crippen LogP contribution >= 0.6 is 23.2 Å². The summed E-state index contributed by atoms with van der Waals surface area (Å²) in [7, 11) is 0.466. The molecule has 7 nitrogen and oxygen atoms in total. The number of fused-ring (bicyclic) bond motifs is 1. The molecule has 1 aliphatic rings. The topological polar surface area (TPSA) is 87.3 Å². The van der Waals surface area contributed by atoms with E-state index in [4.69, 9.17) is 27.9 Å². The fraction of sp³-hybridized carbons (Fsp3) is 0.333. The molecule has 164 valence electrons. The van der Waals surface area contributed by atoms with Gasteiger partial charge in [-0.25, -0.2) is 9.19 Å². The maximum Gasteiger partial charge on any atom is 0.252 e. The quantitative estimate of drug-likeness (QED) is 0.551. The van der Waals surface area contributed by atoms with Gasteiger partial charge in [-0.15, -0.1) is 0 Å². The highest BCUT2D eigenvalue weighted by Gasteiger charge is 2.23. The van der Waals surface area contributed by atoms with E-state index in [9.17, 15) is 9.00 Å². The van der Waals surface area contributed by atoms with Gasteiger partial charge < -0.3 is 15.0 Å². The summed E-state index contributed by atoms with van der Waals surface area (Å²) in [5, 5.41) is 3.93. The van der Waals surface area contributed by atoms with Crippen LogP contribution in [0.5, 0.6) is 0 Å². The number of imidazole rings is 1. The van der Waals surface area contributed by atoms with Crippen LogP contribution in [0.4, 0.5) is 5.69 Å². The summed E-state index contributed by atoms with van der Waals surface area (Å²) < 4.78 is 19.4. The molecule has 10 heteroatoms. The monoisotopic (exact) mass is 480 g/mol. The normalized spacial score (nSPS) is 17.6. The van der Waals surface area contributed by atoms with E-state index in [1.165, 1.54) is 0 Å². The van der Waals surface area contributed by atoms with Crippen molar-refractivity contribution in [2.24, 2.45) is 0 Å². The minimum Gasteiger partial charge on any atom is -0.382 e. The number of aromatic nitrogens is 2. The SMILES string of the molecule is COCC(NC(=O)c1ccc(N2CCCCS2=O)c(Cl)c1)c1nc2ccc(Cl)cc2[nH]1. The Balaban J connectivity index is 1.54. The van der Waals surface area contributed by atoms with Gasteiger partial charge in [-0.05, 0) is 49.2 Å². The molecule has 1 saturated heterocycles. The number of halogens is 2. The lowest BCUT2D eigenvalue weighted by atomic mass is 10.1. The van der Waals surface area contributed by atoms with E-state index in [1.807, 2.05) is 6.07 Å². The Labute approximate surface area is 192 Å². The maximum absolute atomic E-state index is 12.9. The Morgan fingerprint density at radius 1 is 1.29 bits per heavy atom. The van der Waals surface area contributed by atoms with E-state index in [1.54, 1.807) is 41.7 Å². The highest BCUT2D eigenvalue weighted by Crippen LogP contribution is 2.30. The summed E-state index contributed by atoms with van der Waals surface area (Å²) in [4.78, 5) is 20.6. The first-order valence-corrected chi connectivity index (χ1v) is 11.9. The van der Waals surface area contributed by atoms with Crippen molar-refractivity contribution in [2.75, 3.05) is 30.3 Å². The molecule has 2 aromatic carbocycles. The van der Waals surface area contributed by atoms with Gasteiger partial charge in [0.25, 0.3) is 5.91 Å². The number of rotatable bonds is 6. The molecule has 0 spiro atoms. The van der Waals surface area contributed by atoms with Crippen LogP contribution in [-0.4, -0.2) is 46.1 Å². The van der Waals surface area contributed by atoms with Crippen molar-refractivity contribution < 1.29 is 13.7 Å². The van der Waals surface area contributed by atoms with Gasteiger partial charge in [0, 0.05) is 30.0 Å². The van der Waals surface area contributed by atoms with E-state index in [-0.39, 0.29) is 12.5 Å². The Morgan fingerprint density at radius 2 is 2.13 bits per heavy atom. The standard InChI is InChI=1S/C21H22Cl2N4O3S/c1-30-12-18(20-24-16-6-5-14(22)11-17(16)25-20)26-21(28)13-4-7-19(15(23)10-13)27-8-2-3-9-31(27)29/h4-7,10-11,18H,2-3,8-9,12H2,1H3,(H,24,25)(H,26,28). The molecule has 1 aromatic heterocycles. The van der Waals surface area contributed by atoms with E-state index < -0.39 is 17.0 Å². The van der Waals surface area contributed by atoms with E-state index in [2.05, 4.69) is 15.3 Å². The van der Waals surface area contributed by atoms with Gasteiger partial charge >= 0.3 is 0 Å². The molecule has 0 radical (unpaired) electrons. The Morgan fingerprint density at radius 3 is 2.87 bits per heavy atom. The fourth-order valence-corrected chi connectivity index (χ4v) is 5.42.